The summed E-state index contributed by atoms with van der Waals surface area (Å²) >= 11 is 6.05. The third-order valence-electron chi connectivity index (χ3n) is 4.41. The molecule has 1 amide bonds. The minimum atomic E-state index is -3.61. The number of hydrogen-bond donors (Lipinski definition) is 2. The summed E-state index contributed by atoms with van der Waals surface area (Å²) in [6.45, 7) is 3.92. The molecule has 1 atom stereocenters. The van der Waals surface area contributed by atoms with Crippen LogP contribution in [0.4, 0.5) is 0 Å². The minimum Gasteiger partial charge on any atom is -0.356 e. The summed E-state index contributed by atoms with van der Waals surface area (Å²) in [6.07, 6.45) is 0.809. The number of carbonyl (C=O) groups is 1. The van der Waals surface area contributed by atoms with Crippen LogP contribution in [-0.2, 0) is 21.1 Å². The smallest absolute Gasteiger partial charge is 0.221 e. The van der Waals surface area contributed by atoms with Crippen LogP contribution in [0.2, 0.25) is 5.02 Å². The average Bonchev–Trinajstić information content (AvgIpc) is 2.67. The third kappa shape index (κ3) is 6.86. The number of sulfone groups is 1. The Morgan fingerprint density at radius 1 is 1.21 bits per heavy atom. The zero-order chi connectivity index (χ0) is 21.4. The number of nitrogens with zero attached hydrogens (tertiary/aromatic N) is 1. The van der Waals surface area contributed by atoms with Gasteiger partial charge in [0.1, 0.15) is 5.88 Å². The topological polar surface area (TPSA) is 99.1 Å². The van der Waals surface area contributed by atoms with E-state index in [1.165, 1.54) is 0 Å². The highest BCUT2D eigenvalue weighted by atomic mass is 35.5. The van der Waals surface area contributed by atoms with Gasteiger partial charge in [0, 0.05) is 19.0 Å². The van der Waals surface area contributed by atoms with Crippen molar-refractivity contribution in [3.63, 3.8) is 0 Å². The van der Waals surface area contributed by atoms with Gasteiger partial charge in [0.2, 0.25) is 5.91 Å². The number of halogens is 1. The highest BCUT2D eigenvalue weighted by Crippen LogP contribution is 2.25. The molecule has 0 spiro atoms. The van der Waals surface area contributed by atoms with Crippen molar-refractivity contribution in [1.29, 1.82) is 5.26 Å². The molecule has 0 bridgehead atoms. The van der Waals surface area contributed by atoms with Crippen molar-refractivity contribution in [2.45, 2.75) is 37.6 Å². The lowest BCUT2D eigenvalue weighted by Crippen LogP contribution is -2.37. The molecule has 0 heterocycles. The molecule has 1 unspecified atom stereocenters. The Kier molecular flexibility index (Phi) is 8.21. The van der Waals surface area contributed by atoms with Crippen molar-refractivity contribution in [3.05, 3.63) is 64.2 Å². The molecule has 0 saturated carbocycles. The maximum Gasteiger partial charge on any atom is 0.221 e. The zero-order valence-corrected chi connectivity index (χ0v) is 18.0. The summed E-state index contributed by atoms with van der Waals surface area (Å²) in [4.78, 5) is 12.2. The van der Waals surface area contributed by atoms with Crippen LogP contribution >= 0.6 is 11.6 Å². The van der Waals surface area contributed by atoms with Crippen LogP contribution in [0.3, 0.4) is 0 Å². The van der Waals surface area contributed by atoms with Gasteiger partial charge in [-0.2, -0.15) is 5.26 Å². The standard InChI is InChI=1S/C21H24ClN3O3S/c1-15-4-3-5-19(22)21(15)29(27,28)14-25-16(2)12-20(26)24-11-10-17-6-8-18(13-23)9-7-17/h3-9,16,25H,10-12,14H2,1-2H3,(H,24,26). The number of carbonyl (C=O) groups excluding carboxylic acids is 1. The third-order valence-corrected chi connectivity index (χ3v) is 6.54. The van der Waals surface area contributed by atoms with Gasteiger partial charge < -0.3 is 10.6 Å². The van der Waals surface area contributed by atoms with E-state index in [-0.39, 0.29) is 34.2 Å². The number of amides is 1. The largest absolute Gasteiger partial charge is 0.356 e. The molecule has 0 aliphatic heterocycles. The Morgan fingerprint density at radius 2 is 1.90 bits per heavy atom. The van der Waals surface area contributed by atoms with Crippen molar-refractivity contribution in [1.82, 2.24) is 10.6 Å². The minimum absolute atomic E-state index is 0.119. The normalized spacial score (nSPS) is 12.2. The highest BCUT2D eigenvalue weighted by molar-refractivity contribution is 7.91. The molecule has 0 saturated heterocycles. The molecule has 2 N–H and O–H groups in total. The van der Waals surface area contributed by atoms with Crippen molar-refractivity contribution in [2.75, 3.05) is 12.4 Å². The van der Waals surface area contributed by atoms with Gasteiger partial charge in [-0.1, -0.05) is 35.9 Å². The summed E-state index contributed by atoms with van der Waals surface area (Å²) in [5.74, 6) is -0.456. The van der Waals surface area contributed by atoms with E-state index in [4.69, 9.17) is 16.9 Å². The fourth-order valence-electron chi connectivity index (χ4n) is 2.85. The van der Waals surface area contributed by atoms with E-state index < -0.39 is 9.84 Å². The van der Waals surface area contributed by atoms with E-state index in [0.29, 0.717) is 24.1 Å². The van der Waals surface area contributed by atoms with Gasteiger partial charge in [-0.3, -0.25) is 4.79 Å². The molecule has 0 radical (unpaired) electrons. The van der Waals surface area contributed by atoms with Crippen molar-refractivity contribution < 1.29 is 13.2 Å². The molecule has 2 aromatic rings. The lowest BCUT2D eigenvalue weighted by atomic mass is 10.1. The molecule has 154 valence electrons. The summed E-state index contributed by atoms with van der Waals surface area (Å²) in [7, 11) is -3.61. The van der Waals surface area contributed by atoms with Gasteiger partial charge in [-0.15, -0.1) is 0 Å². The maximum atomic E-state index is 12.6. The Morgan fingerprint density at radius 3 is 2.52 bits per heavy atom. The molecule has 6 nitrogen and oxygen atoms in total. The summed E-state index contributed by atoms with van der Waals surface area (Å²) in [6, 6.07) is 13.9. The van der Waals surface area contributed by atoms with Crippen LogP contribution in [0.1, 0.15) is 30.0 Å². The summed E-state index contributed by atoms with van der Waals surface area (Å²) in [5.41, 5.74) is 2.21. The Hall–Kier alpha value is -2.40. The quantitative estimate of drug-likeness (QED) is 0.633. The molecule has 0 aliphatic rings. The molecule has 0 fully saturated rings. The first kappa shape index (κ1) is 22.9. The monoisotopic (exact) mass is 433 g/mol. The number of benzene rings is 2. The van der Waals surface area contributed by atoms with E-state index >= 15 is 0 Å². The van der Waals surface area contributed by atoms with Gasteiger partial charge >= 0.3 is 0 Å². The van der Waals surface area contributed by atoms with Gasteiger partial charge in [-0.05, 0) is 49.6 Å². The summed E-state index contributed by atoms with van der Waals surface area (Å²) in [5, 5.41) is 14.7. The Labute approximate surface area is 176 Å². The maximum absolute atomic E-state index is 12.6. The van der Waals surface area contributed by atoms with Crippen LogP contribution in [0.5, 0.6) is 0 Å². The van der Waals surface area contributed by atoms with E-state index in [2.05, 4.69) is 16.7 Å². The predicted molar refractivity (Wildman–Crippen MR) is 113 cm³/mol. The molecule has 8 heteroatoms. The van der Waals surface area contributed by atoms with Gasteiger partial charge in [-0.25, -0.2) is 8.42 Å². The van der Waals surface area contributed by atoms with Crippen LogP contribution in [0.15, 0.2) is 47.4 Å². The fourth-order valence-corrected chi connectivity index (χ4v) is 5.00. The Bertz CT molecular complexity index is 979. The van der Waals surface area contributed by atoms with E-state index in [1.807, 2.05) is 12.1 Å². The summed E-state index contributed by atoms with van der Waals surface area (Å²) < 4.78 is 25.1. The number of nitrogens with one attached hydrogen (secondary N) is 2. The van der Waals surface area contributed by atoms with Crippen LogP contribution in [0, 0.1) is 18.3 Å². The first-order valence-electron chi connectivity index (χ1n) is 9.20. The first-order chi connectivity index (χ1) is 13.7. The van der Waals surface area contributed by atoms with Gasteiger partial charge in [0.25, 0.3) is 0 Å². The lowest BCUT2D eigenvalue weighted by Gasteiger charge is -2.15. The van der Waals surface area contributed by atoms with Crippen LogP contribution in [0.25, 0.3) is 0 Å². The Balaban J connectivity index is 1.78. The van der Waals surface area contributed by atoms with Gasteiger partial charge in [0.15, 0.2) is 9.84 Å². The molecule has 0 aromatic heterocycles. The molecule has 2 rings (SSSR count). The molecule has 2 aromatic carbocycles. The molecular formula is C21H24ClN3O3S. The van der Waals surface area contributed by atoms with Crippen molar-refractivity contribution in [2.24, 2.45) is 0 Å². The van der Waals surface area contributed by atoms with Crippen molar-refractivity contribution in [3.8, 4) is 6.07 Å². The zero-order valence-electron chi connectivity index (χ0n) is 16.4. The van der Waals surface area contributed by atoms with E-state index in [1.54, 1.807) is 44.2 Å². The van der Waals surface area contributed by atoms with Gasteiger partial charge in [0.05, 0.1) is 21.6 Å². The number of rotatable bonds is 9. The highest BCUT2D eigenvalue weighted by Gasteiger charge is 2.21. The average molecular weight is 434 g/mol. The fraction of sp³-hybridized carbons (Fsp3) is 0.333. The van der Waals surface area contributed by atoms with Crippen molar-refractivity contribution >= 4 is 27.3 Å². The first-order valence-corrected chi connectivity index (χ1v) is 11.2. The molecule has 0 aliphatic carbocycles. The SMILES string of the molecule is Cc1cccc(Cl)c1S(=O)(=O)CNC(C)CC(=O)NCCc1ccc(C#N)cc1. The molecule has 29 heavy (non-hydrogen) atoms. The lowest BCUT2D eigenvalue weighted by molar-refractivity contribution is -0.121. The number of nitriles is 1. The molecular weight excluding hydrogens is 410 g/mol. The predicted octanol–water partition coefficient (Wildman–Crippen LogP) is 2.98. The van der Waals surface area contributed by atoms with Crippen LogP contribution < -0.4 is 10.6 Å². The number of hydrogen-bond acceptors (Lipinski definition) is 5. The second kappa shape index (κ2) is 10.4. The second-order valence-electron chi connectivity index (χ2n) is 6.86. The van der Waals surface area contributed by atoms with E-state index in [0.717, 1.165) is 5.56 Å². The van der Waals surface area contributed by atoms with E-state index in [9.17, 15) is 13.2 Å². The second-order valence-corrected chi connectivity index (χ2v) is 9.20. The number of aryl methyl sites for hydroxylation is 1. The van der Waals surface area contributed by atoms with Crippen LogP contribution in [-0.4, -0.2) is 32.8 Å².